The van der Waals surface area contributed by atoms with E-state index in [1.165, 1.54) is 30.6 Å². The van der Waals surface area contributed by atoms with Crippen LogP contribution >= 0.6 is 11.3 Å². The first-order valence-electron chi connectivity index (χ1n) is 9.63. The number of nitrogens with one attached hydrogen (secondary N) is 1. The maximum Gasteiger partial charge on any atom is 0.286 e. The van der Waals surface area contributed by atoms with Gasteiger partial charge in [0.25, 0.3) is 11.6 Å². The van der Waals surface area contributed by atoms with Gasteiger partial charge in [0.2, 0.25) is 0 Å². The highest BCUT2D eigenvalue weighted by atomic mass is 32.1. The molecule has 0 fully saturated rings. The van der Waals surface area contributed by atoms with Crippen LogP contribution in [0.4, 0.5) is 5.69 Å². The largest absolute Gasteiger partial charge is 0.493 e. The number of unbranched alkanes of at least 4 members (excludes halogenated alkanes) is 3. The van der Waals surface area contributed by atoms with E-state index in [9.17, 15) is 14.9 Å². The van der Waals surface area contributed by atoms with Crippen LogP contribution < -0.4 is 14.8 Å². The van der Waals surface area contributed by atoms with Crippen molar-refractivity contribution in [3.63, 3.8) is 0 Å². The molecule has 0 saturated heterocycles. The predicted molar refractivity (Wildman–Crippen MR) is 112 cm³/mol. The number of methoxy groups -OCH3 is 1. The molecule has 1 atom stereocenters. The molecule has 9 heteroatoms. The quantitative estimate of drug-likeness (QED) is 0.302. The van der Waals surface area contributed by atoms with Gasteiger partial charge in [-0.25, -0.2) is 4.98 Å². The van der Waals surface area contributed by atoms with Gasteiger partial charge < -0.3 is 14.8 Å². The van der Waals surface area contributed by atoms with Gasteiger partial charge in [-0.3, -0.25) is 14.9 Å². The molecule has 8 nitrogen and oxygen atoms in total. The van der Waals surface area contributed by atoms with E-state index in [-0.39, 0.29) is 35.4 Å². The molecule has 1 unspecified atom stereocenters. The lowest BCUT2D eigenvalue weighted by Crippen LogP contribution is -2.33. The highest BCUT2D eigenvalue weighted by Crippen LogP contribution is 2.35. The average molecular weight is 422 g/mol. The van der Waals surface area contributed by atoms with Gasteiger partial charge in [-0.1, -0.05) is 32.6 Å². The van der Waals surface area contributed by atoms with Gasteiger partial charge in [0.05, 0.1) is 29.3 Å². The maximum atomic E-state index is 12.7. The van der Waals surface area contributed by atoms with Crippen LogP contribution in [-0.2, 0) is 6.61 Å². The topological polar surface area (TPSA) is 104 Å². The number of nitro benzene ring substituents is 1. The highest BCUT2D eigenvalue weighted by molar-refractivity contribution is 7.07. The van der Waals surface area contributed by atoms with Crippen molar-refractivity contribution < 1.29 is 19.2 Å². The van der Waals surface area contributed by atoms with Crippen LogP contribution in [0.15, 0.2) is 23.0 Å². The van der Waals surface area contributed by atoms with Gasteiger partial charge in [0.15, 0.2) is 11.5 Å². The van der Waals surface area contributed by atoms with E-state index in [4.69, 9.17) is 9.47 Å². The number of nitrogens with zero attached hydrogens (tertiary/aromatic N) is 2. The van der Waals surface area contributed by atoms with E-state index >= 15 is 0 Å². The fraction of sp³-hybridized carbons (Fsp3) is 0.500. The van der Waals surface area contributed by atoms with Gasteiger partial charge in [-0.15, -0.1) is 11.3 Å². The normalized spacial score (nSPS) is 11.7. The van der Waals surface area contributed by atoms with Crippen molar-refractivity contribution in [3.8, 4) is 11.5 Å². The number of hydrogen-bond donors (Lipinski definition) is 1. The molecular weight excluding hydrogens is 394 g/mol. The molecule has 0 spiro atoms. The SMILES string of the molecule is CCCCCCC(C)NC(=O)c1cc(OC)c(OCc2cscn2)cc1[N+](=O)[O-]. The van der Waals surface area contributed by atoms with Crippen LogP contribution in [0.1, 0.15) is 62.0 Å². The summed E-state index contributed by atoms with van der Waals surface area (Å²) in [5.41, 5.74) is 2.01. The van der Waals surface area contributed by atoms with Crippen LogP contribution in [0.3, 0.4) is 0 Å². The van der Waals surface area contributed by atoms with Crippen LogP contribution in [0, 0.1) is 10.1 Å². The number of thiazole rings is 1. The number of rotatable bonds is 12. The summed E-state index contributed by atoms with van der Waals surface area (Å²) in [6, 6.07) is 2.50. The Labute approximate surface area is 174 Å². The van der Waals surface area contributed by atoms with Crippen LogP contribution in [0.25, 0.3) is 0 Å². The Morgan fingerprint density at radius 2 is 2.10 bits per heavy atom. The number of nitro groups is 1. The van der Waals surface area contributed by atoms with Crippen LogP contribution in [0.5, 0.6) is 11.5 Å². The second kappa shape index (κ2) is 11.4. The van der Waals surface area contributed by atoms with Gasteiger partial charge in [0, 0.05) is 17.5 Å². The molecule has 1 heterocycles. The van der Waals surface area contributed by atoms with E-state index in [0.717, 1.165) is 32.1 Å². The number of aromatic nitrogens is 1. The minimum atomic E-state index is -0.587. The summed E-state index contributed by atoms with van der Waals surface area (Å²) >= 11 is 1.43. The smallest absolute Gasteiger partial charge is 0.286 e. The zero-order valence-electron chi connectivity index (χ0n) is 17.0. The first kappa shape index (κ1) is 22.6. The zero-order valence-corrected chi connectivity index (χ0v) is 17.8. The molecule has 1 aromatic carbocycles. The average Bonchev–Trinajstić information content (AvgIpc) is 3.22. The summed E-state index contributed by atoms with van der Waals surface area (Å²) in [4.78, 5) is 27.8. The summed E-state index contributed by atoms with van der Waals surface area (Å²) in [6.07, 6.45) is 5.24. The molecule has 1 aromatic heterocycles. The Hall–Kier alpha value is -2.68. The number of carbonyl (C=O) groups excluding carboxylic acids is 1. The molecule has 29 heavy (non-hydrogen) atoms. The Balaban J connectivity index is 2.15. The zero-order chi connectivity index (χ0) is 21.2. The molecule has 1 N–H and O–H groups in total. The van der Waals surface area contributed by atoms with Gasteiger partial charge in [0.1, 0.15) is 12.2 Å². The third kappa shape index (κ3) is 6.70. The summed E-state index contributed by atoms with van der Waals surface area (Å²) in [7, 11) is 1.43. The lowest BCUT2D eigenvalue weighted by atomic mass is 10.1. The van der Waals surface area contributed by atoms with E-state index in [2.05, 4.69) is 17.2 Å². The number of carbonyl (C=O) groups is 1. The van der Waals surface area contributed by atoms with Crippen molar-refractivity contribution in [2.24, 2.45) is 0 Å². The predicted octanol–water partition coefficient (Wildman–Crippen LogP) is 4.73. The number of hydrogen-bond acceptors (Lipinski definition) is 7. The molecule has 2 rings (SSSR count). The first-order valence-corrected chi connectivity index (χ1v) is 10.6. The first-order chi connectivity index (χ1) is 14.0. The monoisotopic (exact) mass is 421 g/mol. The number of ether oxygens (including phenoxy) is 2. The Morgan fingerprint density at radius 1 is 1.31 bits per heavy atom. The molecule has 2 aromatic rings. The minimum absolute atomic E-state index is 0.0479. The standard InChI is InChI=1S/C20H27N3O5S/c1-4-5-6-7-8-14(2)22-20(24)16-9-18(27-3)19(10-17(16)23(25)26)28-11-15-12-29-13-21-15/h9-10,12-14H,4-8,11H2,1-3H3,(H,22,24). The van der Waals surface area contributed by atoms with Crippen molar-refractivity contribution in [3.05, 3.63) is 44.4 Å². The van der Waals surface area contributed by atoms with E-state index in [1.807, 2.05) is 12.3 Å². The lowest BCUT2D eigenvalue weighted by Gasteiger charge is -2.15. The molecule has 0 saturated carbocycles. The Morgan fingerprint density at radius 3 is 2.72 bits per heavy atom. The van der Waals surface area contributed by atoms with Gasteiger partial charge >= 0.3 is 0 Å². The summed E-state index contributed by atoms with van der Waals surface area (Å²) < 4.78 is 10.9. The fourth-order valence-electron chi connectivity index (χ4n) is 2.87. The van der Waals surface area contributed by atoms with Crippen molar-refractivity contribution in [2.45, 2.75) is 58.6 Å². The highest BCUT2D eigenvalue weighted by Gasteiger charge is 2.25. The van der Waals surface area contributed by atoms with Gasteiger partial charge in [-0.2, -0.15) is 0 Å². The molecule has 0 aliphatic carbocycles. The van der Waals surface area contributed by atoms with Crippen LogP contribution in [0.2, 0.25) is 0 Å². The summed E-state index contributed by atoms with van der Waals surface area (Å²) in [5.74, 6) is -0.0491. The summed E-state index contributed by atoms with van der Waals surface area (Å²) in [5, 5.41) is 16.2. The van der Waals surface area contributed by atoms with Crippen LogP contribution in [-0.4, -0.2) is 29.0 Å². The molecular formula is C20H27N3O5S. The molecule has 0 aliphatic rings. The summed E-state index contributed by atoms with van der Waals surface area (Å²) in [6.45, 7) is 4.19. The third-order valence-corrected chi connectivity index (χ3v) is 5.09. The van der Waals surface area contributed by atoms with Gasteiger partial charge in [-0.05, 0) is 13.3 Å². The fourth-order valence-corrected chi connectivity index (χ4v) is 3.41. The van der Waals surface area contributed by atoms with Crippen molar-refractivity contribution in [1.82, 2.24) is 10.3 Å². The second-order valence-electron chi connectivity index (χ2n) is 6.77. The van der Waals surface area contributed by atoms with Crippen molar-refractivity contribution >= 4 is 22.9 Å². The number of amides is 1. The number of benzene rings is 1. The van der Waals surface area contributed by atoms with E-state index < -0.39 is 10.8 Å². The second-order valence-corrected chi connectivity index (χ2v) is 7.49. The molecule has 1 amide bonds. The Kier molecular flexibility index (Phi) is 8.85. The molecule has 158 valence electrons. The molecule has 0 bridgehead atoms. The minimum Gasteiger partial charge on any atom is -0.493 e. The molecule has 0 aliphatic heterocycles. The Bertz CT molecular complexity index is 811. The molecule has 0 radical (unpaired) electrons. The maximum absolute atomic E-state index is 12.7. The van der Waals surface area contributed by atoms with Crippen molar-refractivity contribution in [2.75, 3.05) is 7.11 Å². The lowest BCUT2D eigenvalue weighted by molar-refractivity contribution is -0.385. The third-order valence-electron chi connectivity index (χ3n) is 4.45. The van der Waals surface area contributed by atoms with Crippen molar-refractivity contribution in [1.29, 1.82) is 0 Å². The van der Waals surface area contributed by atoms with E-state index in [1.54, 1.807) is 5.51 Å². The van der Waals surface area contributed by atoms with E-state index in [0.29, 0.717) is 5.69 Å².